The molecule has 1 aliphatic rings. The highest BCUT2D eigenvalue weighted by atomic mass is 35.5. The number of benzene rings is 1. The van der Waals surface area contributed by atoms with Gasteiger partial charge in [0.1, 0.15) is 5.82 Å². The van der Waals surface area contributed by atoms with Crippen LogP contribution in [0.5, 0.6) is 0 Å². The Morgan fingerprint density at radius 2 is 2.20 bits per heavy atom. The maximum atomic E-state index is 13.9. The van der Waals surface area contributed by atoms with Gasteiger partial charge < -0.3 is 0 Å². The first kappa shape index (κ1) is 16.1. The number of rotatable bonds is 3. The lowest BCUT2D eigenvalue weighted by Gasteiger charge is -2.30. The lowest BCUT2D eigenvalue weighted by molar-refractivity contribution is 0.423. The fraction of sp³-hybridized carbons (Fsp3) is 0.538. The highest BCUT2D eigenvalue weighted by molar-refractivity contribution is 8.00. The first-order valence-electron chi connectivity index (χ1n) is 6.33. The van der Waals surface area contributed by atoms with Crippen molar-refractivity contribution in [2.45, 2.75) is 29.9 Å². The first-order chi connectivity index (χ1) is 9.36. The average molecular weight is 338 g/mol. The number of alkyl halides is 1. The van der Waals surface area contributed by atoms with E-state index in [1.54, 1.807) is 11.8 Å². The van der Waals surface area contributed by atoms with Gasteiger partial charge in [0, 0.05) is 35.5 Å². The van der Waals surface area contributed by atoms with Crippen LogP contribution >= 0.6 is 23.4 Å². The maximum Gasteiger partial charge on any atom is 0.243 e. The summed E-state index contributed by atoms with van der Waals surface area (Å²) in [5, 5.41) is 0.250. The summed E-state index contributed by atoms with van der Waals surface area (Å²) in [5.74, 6) is 0.324. The first-order valence-corrected chi connectivity index (χ1v) is 9.35. The highest BCUT2D eigenvalue weighted by Gasteiger charge is 2.31. The Morgan fingerprint density at radius 3 is 2.80 bits per heavy atom. The summed E-state index contributed by atoms with van der Waals surface area (Å²) < 4.78 is 40.7. The Bertz CT molecular complexity index is 607. The topological polar surface area (TPSA) is 37.4 Å². The third kappa shape index (κ3) is 3.13. The van der Waals surface area contributed by atoms with Gasteiger partial charge in [-0.25, -0.2) is 12.8 Å². The quantitative estimate of drug-likeness (QED) is 0.796. The van der Waals surface area contributed by atoms with Crippen molar-refractivity contribution in [1.82, 2.24) is 4.31 Å². The average Bonchev–Trinajstić information content (AvgIpc) is 2.41. The molecule has 3 nitrogen and oxygen atoms in total. The van der Waals surface area contributed by atoms with Gasteiger partial charge in [-0.3, -0.25) is 0 Å². The second kappa shape index (κ2) is 6.22. The van der Waals surface area contributed by atoms with Crippen molar-refractivity contribution >= 4 is 33.4 Å². The third-order valence-electron chi connectivity index (χ3n) is 3.33. The van der Waals surface area contributed by atoms with Crippen LogP contribution in [-0.2, 0) is 15.9 Å². The zero-order valence-electron chi connectivity index (χ0n) is 11.4. The van der Waals surface area contributed by atoms with Gasteiger partial charge in [-0.05, 0) is 24.6 Å². The summed E-state index contributed by atoms with van der Waals surface area (Å²) in [7, 11) is -3.66. The molecule has 112 valence electrons. The summed E-state index contributed by atoms with van der Waals surface area (Å²) >= 11 is 7.45. The Hall–Kier alpha value is -0.300. The van der Waals surface area contributed by atoms with Crippen molar-refractivity contribution in [3.63, 3.8) is 0 Å². The molecular formula is C13H17ClFNO2S2. The van der Waals surface area contributed by atoms with Gasteiger partial charge in [-0.2, -0.15) is 16.1 Å². The molecule has 0 amide bonds. The summed E-state index contributed by atoms with van der Waals surface area (Å²) in [4.78, 5) is 0.0345. The molecule has 0 radical (unpaired) electrons. The molecule has 0 spiro atoms. The molecule has 20 heavy (non-hydrogen) atoms. The van der Waals surface area contributed by atoms with E-state index < -0.39 is 15.8 Å². The zero-order chi connectivity index (χ0) is 14.9. The number of thioether (sulfide) groups is 1. The van der Waals surface area contributed by atoms with Gasteiger partial charge in [0.2, 0.25) is 10.0 Å². The van der Waals surface area contributed by atoms with Crippen LogP contribution < -0.4 is 0 Å². The molecule has 7 heteroatoms. The van der Waals surface area contributed by atoms with E-state index >= 15 is 0 Å². The largest absolute Gasteiger partial charge is 0.243 e. The second-order valence-electron chi connectivity index (χ2n) is 4.88. The van der Waals surface area contributed by atoms with Crippen LogP contribution in [0, 0.1) is 12.7 Å². The second-order valence-corrected chi connectivity index (χ2v) is 8.60. The van der Waals surface area contributed by atoms with Crippen LogP contribution in [0.2, 0.25) is 0 Å². The minimum atomic E-state index is -3.66. The molecule has 1 fully saturated rings. The summed E-state index contributed by atoms with van der Waals surface area (Å²) in [6.45, 7) is 4.40. The van der Waals surface area contributed by atoms with Crippen molar-refractivity contribution in [3.8, 4) is 0 Å². The molecule has 1 atom stereocenters. The molecule has 0 N–H and O–H groups in total. The molecule has 1 saturated heterocycles. The van der Waals surface area contributed by atoms with Crippen LogP contribution in [0.1, 0.15) is 18.1 Å². The third-order valence-corrected chi connectivity index (χ3v) is 6.77. The molecule has 1 aromatic rings. The van der Waals surface area contributed by atoms with Crippen molar-refractivity contribution in [1.29, 1.82) is 0 Å². The van der Waals surface area contributed by atoms with Crippen molar-refractivity contribution in [3.05, 3.63) is 29.1 Å². The van der Waals surface area contributed by atoms with E-state index in [0.29, 0.717) is 18.7 Å². The van der Waals surface area contributed by atoms with E-state index in [4.69, 9.17) is 11.6 Å². The molecule has 1 aliphatic heterocycles. The molecule has 1 unspecified atom stereocenters. The van der Waals surface area contributed by atoms with Crippen LogP contribution in [-0.4, -0.2) is 36.8 Å². The molecule has 1 aromatic carbocycles. The fourth-order valence-corrected chi connectivity index (χ4v) is 5.39. The Balaban J connectivity index is 2.46. The van der Waals surface area contributed by atoms with Crippen LogP contribution in [0.15, 0.2) is 17.0 Å². The highest BCUT2D eigenvalue weighted by Crippen LogP contribution is 2.28. The molecule has 2 rings (SSSR count). The molecular weight excluding hydrogens is 321 g/mol. The number of halogens is 2. The lowest BCUT2D eigenvalue weighted by Crippen LogP contribution is -2.41. The predicted octanol–water partition coefficient (Wildman–Crippen LogP) is 3.00. The van der Waals surface area contributed by atoms with Gasteiger partial charge >= 0.3 is 0 Å². The molecule has 0 aliphatic carbocycles. The standard InChI is InChI=1S/C13H17ClFNO2S2/c1-9-8-16(3-4-19-9)20(17,18)13-6-11(7-14)5-12(15)10(13)2/h5-6,9H,3-4,7-8H2,1-2H3. The Kier molecular flexibility index (Phi) is 5.00. The monoisotopic (exact) mass is 337 g/mol. The SMILES string of the molecule is Cc1c(F)cc(CCl)cc1S(=O)(=O)N1CCSC(C)C1. The van der Waals surface area contributed by atoms with E-state index in [0.717, 1.165) is 5.75 Å². The fourth-order valence-electron chi connectivity index (χ4n) is 2.20. The Labute approximate surface area is 128 Å². The van der Waals surface area contributed by atoms with E-state index in [2.05, 4.69) is 0 Å². The van der Waals surface area contributed by atoms with Crippen molar-refractivity contribution in [2.24, 2.45) is 0 Å². The van der Waals surface area contributed by atoms with E-state index in [-0.39, 0.29) is 21.6 Å². The molecule has 0 bridgehead atoms. The summed E-state index contributed by atoms with van der Waals surface area (Å²) in [6, 6.07) is 2.77. The van der Waals surface area contributed by atoms with Crippen LogP contribution in [0.3, 0.4) is 0 Å². The normalized spacial score (nSPS) is 21.1. The zero-order valence-corrected chi connectivity index (χ0v) is 13.8. The smallest absolute Gasteiger partial charge is 0.207 e. The number of hydrogen-bond acceptors (Lipinski definition) is 3. The van der Waals surface area contributed by atoms with E-state index in [1.807, 2.05) is 6.92 Å². The number of nitrogens with zero attached hydrogens (tertiary/aromatic N) is 1. The molecule has 1 heterocycles. The number of sulfonamides is 1. The Morgan fingerprint density at radius 1 is 1.50 bits per heavy atom. The molecule has 0 aromatic heterocycles. The maximum absolute atomic E-state index is 13.9. The van der Waals surface area contributed by atoms with E-state index in [1.165, 1.54) is 23.4 Å². The van der Waals surface area contributed by atoms with Gasteiger partial charge in [0.15, 0.2) is 0 Å². The van der Waals surface area contributed by atoms with Gasteiger partial charge in [-0.1, -0.05) is 6.92 Å². The van der Waals surface area contributed by atoms with Gasteiger partial charge in [-0.15, -0.1) is 11.6 Å². The minimum absolute atomic E-state index is 0.0345. The van der Waals surface area contributed by atoms with Gasteiger partial charge in [0.05, 0.1) is 4.90 Å². The van der Waals surface area contributed by atoms with Crippen LogP contribution in [0.25, 0.3) is 0 Å². The molecule has 0 saturated carbocycles. The summed E-state index contributed by atoms with van der Waals surface area (Å²) in [6.07, 6.45) is 0. The van der Waals surface area contributed by atoms with E-state index in [9.17, 15) is 12.8 Å². The number of hydrogen-bond donors (Lipinski definition) is 0. The van der Waals surface area contributed by atoms with Crippen molar-refractivity contribution < 1.29 is 12.8 Å². The van der Waals surface area contributed by atoms with Gasteiger partial charge in [0.25, 0.3) is 0 Å². The lowest BCUT2D eigenvalue weighted by atomic mass is 10.1. The van der Waals surface area contributed by atoms with Crippen molar-refractivity contribution in [2.75, 3.05) is 18.8 Å². The predicted molar refractivity (Wildman–Crippen MR) is 81.4 cm³/mol. The summed E-state index contributed by atoms with van der Waals surface area (Å²) in [5.41, 5.74) is 0.637. The minimum Gasteiger partial charge on any atom is -0.207 e. The van der Waals surface area contributed by atoms with Crippen LogP contribution in [0.4, 0.5) is 4.39 Å².